The first-order valence-electron chi connectivity index (χ1n) is 5.31. The van der Waals surface area contributed by atoms with Gasteiger partial charge in [-0.25, -0.2) is 0 Å². The van der Waals surface area contributed by atoms with Gasteiger partial charge in [0, 0.05) is 12.2 Å². The quantitative estimate of drug-likeness (QED) is 0.629. The van der Waals surface area contributed by atoms with Crippen LogP contribution in [0.15, 0.2) is 11.3 Å². The van der Waals surface area contributed by atoms with Crippen LogP contribution in [0, 0.1) is 11.3 Å². The van der Waals surface area contributed by atoms with E-state index >= 15 is 0 Å². The van der Waals surface area contributed by atoms with Crippen LogP contribution < -0.4 is 5.73 Å². The van der Waals surface area contributed by atoms with Crippen molar-refractivity contribution < 1.29 is 0 Å². The van der Waals surface area contributed by atoms with Gasteiger partial charge in [-0.1, -0.05) is 19.3 Å². The fraction of sp³-hybridized carbons (Fsp3) is 0.727. The maximum Gasteiger partial charge on any atom is 0.0979 e. The second kappa shape index (κ2) is 3.29. The number of hydrogen-bond donors (Lipinski definition) is 1. The molecule has 0 aromatic rings. The molecule has 1 saturated carbocycles. The SMILES string of the molecule is CN1CC(C#N)=C(N)C12CCCCC2. The number of rotatable bonds is 0. The Morgan fingerprint density at radius 3 is 2.50 bits per heavy atom. The third-order valence-corrected chi connectivity index (χ3v) is 3.77. The van der Waals surface area contributed by atoms with Gasteiger partial charge in [-0.2, -0.15) is 5.26 Å². The average Bonchev–Trinajstić information content (AvgIpc) is 2.45. The summed E-state index contributed by atoms with van der Waals surface area (Å²) in [6.45, 7) is 0.738. The molecule has 2 N–H and O–H groups in total. The molecule has 0 radical (unpaired) electrons. The van der Waals surface area contributed by atoms with E-state index in [1.807, 2.05) is 0 Å². The Morgan fingerprint density at radius 1 is 1.36 bits per heavy atom. The minimum Gasteiger partial charge on any atom is -0.400 e. The zero-order valence-electron chi connectivity index (χ0n) is 8.71. The van der Waals surface area contributed by atoms with Gasteiger partial charge in [0.25, 0.3) is 0 Å². The molecule has 76 valence electrons. The second-order valence-corrected chi connectivity index (χ2v) is 4.45. The van der Waals surface area contributed by atoms with Gasteiger partial charge in [0.05, 0.1) is 17.2 Å². The number of nitriles is 1. The summed E-state index contributed by atoms with van der Waals surface area (Å²) in [5.41, 5.74) is 7.77. The molecule has 1 aliphatic carbocycles. The third-order valence-electron chi connectivity index (χ3n) is 3.77. The van der Waals surface area contributed by atoms with Crippen molar-refractivity contribution in [2.24, 2.45) is 5.73 Å². The van der Waals surface area contributed by atoms with E-state index in [1.54, 1.807) is 0 Å². The Balaban J connectivity index is 2.33. The normalized spacial score (nSPS) is 26.9. The molecular formula is C11H17N3. The van der Waals surface area contributed by atoms with Crippen molar-refractivity contribution in [1.82, 2.24) is 4.90 Å². The molecule has 0 amide bonds. The molecule has 2 rings (SSSR count). The Kier molecular flexibility index (Phi) is 2.24. The maximum absolute atomic E-state index is 8.95. The predicted octanol–water partition coefficient (Wildman–Crippen LogP) is 1.37. The molecule has 3 nitrogen and oxygen atoms in total. The molecule has 1 heterocycles. The average molecular weight is 191 g/mol. The van der Waals surface area contributed by atoms with E-state index in [4.69, 9.17) is 11.0 Å². The minimum atomic E-state index is 0.0311. The number of hydrogen-bond acceptors (Lipinski definition) is 3. The standard InChI is InChI=1S/C11H17N3/c1-14-8-9(7-12)10(13)11(14)5-3-2-4-6-11/h2-6,8,13H2,1H3. The Bertz CT molecular complexity index is 305. The molecule has 0 saturated heterocycles. The Hall–Kier alpha value is -1.01. The highest BCUT2D eigenvalue weighted by Crippen LogP contribution is 2.41. The van der Waals surface area contributed by atoms with Crippen molar-refractivity contribution in [2.45, 2.75) is 37.6 Å². The van der Waals surface area contributed by atoms with Crippen molar-refractivity contribution in [3.63, 3.8) is 0 Å². The topological polar surface area (TPSA) is 53.0 Å². The Labute approximate surface area is 85.2 Å². The van der Waals surface area contributed by atoms with Gasteiger partial charge in [-0.3, -0.25) is 4.90 Å². The summed E-state index contributed by atoms with van der Waals surface area (Å²) in [5, 5.41) is 8.95. The van der Waals surface area contributed by atoms with E-state index in [0.717, 1.165) is 30.7 Å². The lowest BCUT2D eigenvalue weighted by molar-refractivity contribution is 0.139. The van der Waals surface area contributed by atoms with Crippen LogP contribution in [0.2, 0.25) is 0 Å². The van der Waals surface area contributed by atoms with Gasteiger partial charge in [-0.05, 0) is 19.9 Å². The summed E-state index contributed by atoms with van der Waals surface area (Å²) >= 11 is 0. The van der Waals surface area contributed by atoms with Gasteiger partial charge >= 0.3 is 0 Å². The summed E-state index contributed by atoms with van der Waals surface area (Å²) in [7, 11) is 2.09. The predicted molar refractivity (Wildman–Crippen MR) is 55.3 cm³/mol. The zero-order chi connectivity index (χ0) is 10.2. The van der Waals surface area contributed by atoms with Crippen LogP contribution in [0.1, 0.15) is 32.1 Å². The molecule has 0 bridgehead atoms. The lowest BCUT2D eigenvalue weighted by Gasteiger charge is -2.40. The van der Waals surface area contributed by atoms with Crippen LogP contribution in [0.3, 0.4) is 0 Å². The smallest absolute Gasteiger partial charge is 0.0979 e. The highest BCUT2D eigenvalue weighted by Gasteiger charge is 2.44. The van der Waals surface area contributed by atoms with E-state index in [-0.39, 0.29) is 5.54 Å². The lowest BCUT2D eigenvalue weighted by Crippen LogP contribution is -2.47. The van der Waals surface area contributed by atoms with Crippen molar-refractivity contribution in [3.8, 4) is 6.07 Å². The maximum atomic E-state index is 8.95. The van der Waals surface area contributed by atoms with E-state index in [1.165, 1.54) is 19.3 Å². The molecule has 1 spiro atoms. The summed E-state index contributed by atoms with van der Waals surface area (Å²) < 4.78 is 0. The largest absolute Gasteiger partial charge is 0.400 e. The molecule has 0 aromatic carbocycles. The van der Waals surface area contributed by atoms with Crippen LogP contribution in [-0.4, -0.2) is 24.0 Å². The number of likely N-dealkylation sites (N-methyl/N-ethyl adjacent to an activating group) is 1. The first-order valence-corrected chi connectivity index (χ1v) is 5.31. The molecule has 1 fully saturated rings. The van der Waals surface area contributed by atoms with E-state index in [9.17, 15) is 0 Å². The fourth-order valence-corrected chi connectivity index (χ4v) is 2.84. The van der Waals surface area contributed by atoms with Gasteiger partial charge < -0.3 is 5.73 Å². The molecule has 2 aliphatic rings. The van der Waals surface area contributed by atoms with Crippen molar-refractivity contribution in [1.29, 1.82) is 5.26 Å². The molecule has 0 aromatic heterocycles. The van der Waals surface area contributed by atoms with Gasteiger partial charge in [0.15, 0.2) is 0 Å². The third kappa shape index (κ3) is 1.14. The van der Waals surface area contributed by atoms with Crippen molar-refractivity contribution in [3.05, 3.63) is 11.3 Å². The monoisotopic (exact) mass is 191 g/mol. The second-order valence-electron chi connectivity index (χ2n) is 4.45. The highest BCUT2D eigenvalue weighted by atomic mass is 15.2. The Morgan fingerprint density at radius 2 is 2.00 bits per heavy atom. The molecule has 0 atom stereocenters. The van der Waals surface area contributed by atoms with Crippen molar-refractivity contribution in [2.75, 3.05) is 13.6 Å². The van der Waals surface area contributed by atoms with Gasteiger partial charge in [-0.15, -0.1) is 0 Å². The minimum absolute atomic E-state index is 0.0311. The van der Waals surface area contributed by atoms with E-state index in [0.29, 0.717) is 0 Å². The van der Waals surface area contributed by atoms with Gasteiger partial charge in [0.1, 0.15) is 0 Å². The van der Waals surface area contributed by atoms with Crippen LogP contribution in [0.5, 0.6) is 0 Å². The first-order chi connectivity index (χ1) is 6.70. The summed E-state index contributed by atoms with van der Waals surface area (Å²) in [5.74, 6) is 0. The molecular weight excluding hydrogens is 174 g/mol. The molecule has 14 heavy (non-hydrogen) atoms. The van der Waals surface area contributed by atoms with E-state index < -0.39 is 0 Å². The van der Waals surface area contributed by atoms with Crippen LogP contribution in [-0.2, 0) is 0 Å². The summed E-state index contributed by atoms with van der Waals surface area (Å²) in [4.78, 5) is 2.26. The lowest BCUT2D eigenvalue weighted by atomic mass is 9.79. The number of nitrogens with two attached hydrogens (primary N) is 1. The van der Waals surface area contributed by atoms with Crippen LogP contribution >= 0.6 is 0 Å². The van der Waals surface area contributed by atoms with E-state index in [2.05, 4.69) is 18.0 Å². The summed E-state index contributed by atoms with van der Waals surface area (Å²) in [6, 6.07) is 2.23. The van der Waals surface area contributed by atoms with Crippen LogP contribution in [0.25, 0.3) is 0 Å². The summed E-state index contributed by atoms with van der Waals surface area (Å²) in [6.07, 6.45) is 6.04. The van der Waals surface area contributed by atoms with Gasteiger partial charge in [0.2, 0.25) is 0 Å². The zero-order valence-corrected chi connectivity index (χ0v) is 8.71. The van der Waals surface area contributed by atoms with Crippen LogP contribution in [0.4, 0.5) is 0 Å². The number of nitrogens with zero attached hydrogens (tertiary/aromatic N) is 2. The van der Waals surface area contributed by atoms with Crippen molar-refractivity contribution >= 4 is 0 Å². The first kappa shape index (κ1) is 9.54. The fourth-order valence-electron chi connectivity index (χ4n) is 2.84. The highest BCUT2D eigenvalue weighted by molar-refractivity contribution is 5.40. The molecule has 3 heteroatoms. The molecule has 0 unspecified atom stereocenters. The molecule has 1 aliphatic heterocycles.